The van der Waals surface area contributed by atoms with Gasteiger partial charge in [-0.05, 0) is 24.0 Å². The normalized spacial score (nSPS) is 10.9. The third kappa shape index (κ3) is 2.93. The number of halogens is 1. The Morgan fingerprint density at radius 1 is 1.53 bits per heavy atom. The predicted octanol–water partition coefficient (Wildman–Crippen LogP) is 2.34. The topological polar surface area (TPSA) is 46.3 Å². The third-order valence-corrected chi connectivity index (χ3v) is 3.90. The average molecular weight is 247 g/mol. The predicted molar refractivity (Wildman–Crippen MR) is 64.5 cm³/mol. The van der Waals surface area contributed by atoms with Crippen molar-refractivity contribution in [2.24, 2.45) is 5.73 Å². The van der Waals surface area contributed by atoms with Crippen LogP contribution in [0.1, 0.15) is 29.1 Å². The molecular formula is C10H15ClN2OS. The summed E-state index contributed by atoms with van der Waals surface area (Å²) in [4.78, 5) is 13.7. The van der Waals surface area contributed by atoms with Crippen molar-refractivity contribution in [3.63, 3.8) is 0 Å². The maximum Gasteiger partial charge on any atom is 0.260 e. The Kier molecular flexibility index (Phi) is 4.57. The molecule has 0 fully saturated rings. The summed E-state index contributed by atoms with van der Waals surface area (Å²) in [6, 6.07) is 0. The Morgan fingerprint density at radius 2 is 2.13 bits per heavy atom. The second-order valence-electron chi connectivity index (χ2n) is 3.23. The standard InChI is InChI=1S/C10H15ClN2OS/c1-3-13(4-2)5-7-6-15-9(8(7)11)10(12)14/h6H,3-5H2,1-2H3,(H2,12,14). The molecule has 0 unspecified atom stereocenters. The van der Waals surface area contributed by atoms with Gasteiger partial charge in [0.15, 0.2) is 0 Å². The Hall–Kier alpha value is -0.580. The van der Waals surface area contributed by atoms with E-state index in [9.17, 15) is 4.79 Å². The van der Waals surface area contributed by atoms with E-state index in [1.54, 1.807) is 0 Å². The monoisotopic (exact) mass is 246 g/mol. The van der Waals surface area contributed by atoms with Crippen LogP contribution in [0, 0.1) is 0 Å². The summed E-state index contributed by atoms with van der Waals surface area (Å²) >= 11 is 7.37. The van der Waals surface area contributed by atoms with Gasteiger partial charge in [-0.1, -0.05) is 25.4 Å². The molecule has 0 saturated heterocycles. The van der Waals surface area contributed by atoms with Crippen molar-refractivity contribution in [3.8, 4) is 0 Å². The van der Waals surface area contributed by atoms with Gasteiger partial charge in [-0.3, -0.25) is 9.69 Å². The van der Waals surface area contributed by atoms with E-state index in [1.807, 2.05) is 5.38 Å². The van der Waals surface area contributed by atoms with Crippen molar-refractivity contribution in [2.75, 3.05) is 13.1 Å². The summed E-state index contributed by atoms with van der Waals surface area (Å²) in [7, 11) is 0. The van der Waals surface area contributed by atoms with Gasteiger partial charge >= 0.3 is 0 Å². The summed E-state index contributed by atoms with van der Waals surface area (Å²) < 4.78 is 0. The number of primary amides is 1. The highest BCUT2D eigenvalue weighted by atomic mass is 35.5. The van der Waals surface area contributed by atoms with Gasteiger partial charge in [0, 0.05) is 6.54 Å². The van der Waals surface area contributed by atoms with Crippen molar-refractivity contribution < 1.29 is 4.79 Å². The Bertz CT molecular complexity index is 347. The molecule has 0 aliphatic heterocycles. The number of carbonyl (C=O) groups excluding carboxylic acids is 1. The van der Waals surface area contributed by atoms with E-state index in [0.29, 0.717) is 9.90 Å². The average Bonchev–Trinajstić information content (AvgIpc) is 2.56. The largest absolute Gasteiger partial charge is 0.365 e. The third-order valence-electron chi connectivity index (χ3n) is 2.31. The first-order valence-electron chi connectivity index (χ1n) is 4.88. The van der Waals surface area contributed by atoms with Gasteiger partial charge in [-0.2, -0.15) is 0 Å². The highest BCUT2D eigenvalue weighted by Crippen LogP contribution is 2.28. The molecule has 0 aliphatic carbocycles. The minimum Gasteiger partial charge on any atom is -0.365 e. The number of amides is 1. The molecule has 0 aliphatic rings. The molecule has 0 aromatic carbocycles. The molecule has 0 bridgehead atoms. The molecule has 0 atom stereocenters. The van der Waals surface area contributed by atoms with Crippen molar-refractivity contribution in [2.45, 2.75) is 20.4 Å². The first-order chi connectivity index (χ1) is 7.10. The molecule has 1 heterocycles. The van der Waals surface area contributed by atoms with Gasteiger partial charge < -0.3 is 5.73 Å². The number of hydrogen-bond acceptors (Lipinski definition) is 3. The zero-order chi connectivity index (χ0) is 11.4. The van der Waals surface area contributed by atoms with Crippen LogP contribution < -0.4 is 5.73 Å². The highest BCUT2D eigenvalue weighted by Gasteiger charge is 2.15. The SMILES string of the molecule is CCN(CC)Cc1csc(C(N)=O)c1Cl. The van der Waals surface area contributed by atoms with E-state index < -0.39 is 5.91 Å². The molecular weight excluding hydrogens is 232 g/mol. The maximum absolute atomic E-state index is 11.0. The molecule has 3 nitrogen and oxygen atoms in total. The molecule has 0 saturated carbocycles. The molecule has 2 N–H and O–H groups in total. The second kappa shape index (κ2) is 5.49. The fraction of sp³-hybridized carbons (Fsp3) is 0.500. The van der Waals surface area contributed by atoms with Crippen molar-refractivity contribution in [1.29, 1.82) is 0 Å². The van der Waals surface area contributed by atoms with Gasteiger partial charge in [-0.15, -0.1) is 11.3 Å². The van der Waals surface area contributed by atoms with Crippen LogP contribution in [0.15, 0.2) is 5.38 Å². The van der Waals surface area contributed by atoms with Gasteiger partial charge in [0.1, 0.15) is 4.88 Å². The van der Waals surface area contributed by atoms with E-state index in [1.165, 1.54) is 11.3 Å². The van der Waals surface area contributed by atoms with E-state index >= 15 is 0 Å². The molecule has 5 heteroatoms. The molecule has 84 valence electrons. The van der Waals surface area contributed by atoms with Crippen molar-refractivity contribution >= 4 is 28.8 Å². The van der Waals surface area contributed by atoms with Crippen LogP contribution >= 0.6 is 22.9 Å². The summed E-state index contributed by atoms with van der Waals surface area (Å²) in [5.41, 5.74) is 6.18. The fourth-order valence-corrected chi connectivity index (χ4v) is 2.55. The van der Waals surface area contributed by atoms with Gasteiger partial charge in [0.2, 0.25) is 0 Å². The van der Waals surface area contributed by atoms with Crippen LogP contribution in [-0.4, -0.2) is 23.9 Å². The number of thiophene rings is 1. The summed E-state index contributed by atoms with van der Waals surface area (Å²) in [5, 5.41) is 2.42. The summed E-state index contributed by atoms with van der Waals surface area (Å²) in [5.74, 6) is -0.448. The summed E-state index contributed by atoms with van der Waals surface area (Å²) in [6.45, 7) is 6.90. The lowest BCUT2D eigenvalue weighted by Gasteiger charge is -2.17. The van der Waals surface area contributed by atoms with E-state index in [0.717, 1.165) is 25.2 Å². The van der Waals surface area contributed by atoms with Crippen LogP contribution in [0.3, 0.4) is 0 Å². The lowest BCUT2D eigenvalue weighted by molar-refractivity contribution is 0.100. The Labute approximate surface area is 98.8 Å². The molecule has 0 radical (unpaired) electrons. The zero-order valence-electron chi connectivity index (χ0n) is 8.92. The van der Waals surface area contributed by atoms with E-state index in [-0.39, 0.29) is 0 Å². The van der Waals surface area contributed by atoms with Crippen molar-refractivity contribution in [3.05, 3.63) is 20.8 Å². The minimum absolute atomic E-state index is 0.448. The van der Waals surface area contributed by atoms with E-state index in [4.69, 9.17) is 17.3 Å². The number of nitrogens with zero attached hydrogens (tertiary/aromatic N) is 1. The first kappa shape index (κ1) is 12.5. The van der Waals surface area contributed by atoms with Gasteiger partial charge in [0.05, 0.1) is 5.02 Å². The Balaban J connectivity index is 2.82. The minimum atomic E-state index is -0.448. The summed E-state index contributed by atoms with van der Waals surface area (Å²) in [6.07, 6.45) is 0. The molecule has 1 rings (SSSR count). The van der Waals surface area contributed by atoms with Gasteiger partial charge in [0.25, 0.3) is 5.91 Å². The highest BCUT2D eigenvalue weighted by molar-refractivity contribution is 7.13. The fourth-order valence-electron chi connectivity index (χ4n) is 1.34. The van der Waals surface area contributed by atoms with Crippen LogP contribution in [-0.2, 0) is 6.54 Å². The quantitative estimate of drug-likeness (QED) is 0.867. The first-order valence-corrected chi connectivity index (χ1v) is 6.13. The second-order valence-corrected chi connectivity index (χ2v) is 4.49. The molecule has 1 aromatic rings. The van der Waals surface area contributed by atoms with Gasteiger partial charge in [-0.25, -0.2) is 0 Å². The molecule has 0 spiro atoms. The molecule has 1 amide bonds. The molecule has 15 heavy (non-hydrogen) atoms. The van der Waals surface area contributed by atoms with E-state index in [2.05, 4.69) is 18.7 Å². The number of carbonyl (C=O) groups is 1. The maximum atomic E-state index is 11.0. The van der Waals surface area contributed by atoms with Crippen LogP contribution in [0.4, 0.5) is 0 Å². The zero-order valence-corrected chi connectivity index (χ0v) is 10.5. The smallest absolute Gasteiger partial charge is 0.260 e. The van der Waals surface area contributed by atoms with Crippen molar-refractivity contribution in [1.82, 2.24) is 4.90 Å². The van der Waals surface area contributed by atoms with Crippen LogP contribution in [0.25, 0.3) is 0 Å². The van der Waals surface area contributed by atoms with Crippen LogP contribution in [0.5, 0.6) is 0 Å². The lowest BCUT2D eigenvalue weighted by atomic mass is 10.2. The van der Waals surface area contributed by atoms with Crippen LogP contribution in [0.2, 0.25) is 5.02 Å². The lowest BCUT2D eigenvalue weighted by Crippen LogP contribution is -2.22. The number of nitrogens with two attached hydrogens (primary N) is 1. The Morgan fingerprint density at radius 3 is 2.53 bits per heavy atom. The number of hydrogen-bond donors (Lipinski definition) is 1. The number of rotatable bonds is 5. The molecule has 1 aromatic heterocycles.